The quantitative estimate of drug-likeness (QED) is 0.819. The monoisotopic (exact) mass is 265 g/mol. The zero-order valence-electron chi connectivity index (χ0n) is 9.60. The number of thioether (sulfide) groups is 1. The second kappa shape index (κ2) is 5.14. The number of imide groups is 1. The average Bonchev–Trinajstić information content (AvgIpc) is 2.62. The van der Waals surface area contributed by atoms with Crippen molar-refractivity contribution < 1.29 is 19.4 Å². The number of amides is 2. The molecule has 0 bridgehead atoms. The van der Waals surface area contributed by atoms with Gasteiger partial charge in [0, 0.05) is 0 Å². The Bertz CT molecular complexity index is 539. The molecular weight excluding hydrogens is 254 g/mol. The van der Waals surface area contributed by atoms with Crippen LogP contribution in [0, 0.1) is 0 Å². The minimum atomic E-state index is -0.406. The maximum Gasteiger partial charge on any atom is 0.290 e. The van der Waals surface area contributed by atoms with Crippen molar-refractivity contribution >= 4 is 29.0 Å². The summed E-state index contributed by atoms with van der Waals surface area (Å²) in [6.45, 7) is 2.24. The molecule has 1 aliphatic rings. The number of rotatable bonds is 3. The standard InChI is InChI=1S/C12H11NO4S/c1-2-17-9-5-7(3-4-8(9)14)6-10-11(15)13-12(16)18-10/h3-6,14H,2H2,1H3,(H,13,15,16)/b10-6-. The summed E-state index contributed by atoms with van der Waals surface area (Å²) < 4.78 is 5.24. The van der Waals surface area contributed by atoms with Gasteiger partial charge in [-0.25, -0.2) is 0 Å². The van der Waals surface area contributed by atoms with Crippen molar-refractivity contribution in [1.29, 1.82) is 0 Å². The maximum atomic E-state index is 11.4. The van der Waals surface area contributed by atoms with Crippen LogP contribution < -0.4 is 10.1 Å². The minimum Gasteiger partial charge on any atom is -0.504 e. The van der Waals surface area contributed by atoms with Crippen LogP contribution in [0.4, 0.5) is 4.79 Å². The summed E-state index contributed by atoms with van der Waals surface area (Å²) in [5.74, 6) is -0.0174. The molecule has 18 heavy (non-hydrogen) atoms. The second-order valence-electron chi connectivity index (χ2n) is 3.51. The van der Waals surface area contributed by atoms with Crippen molar-refractivity contribution in [2.75, 3.05) is 6.61 Å². The highest BCUT2D eigenvalue weighted by molar-refractivity contribution is 8.18. The molecule has 1 fully saturated rings. The van der Waals surface area contributed by atoms with Crippen molar-refractivity contribution in [2.24, 2.45) is 0 Å². The molecule has 1 heterocycles. The number of phenolic OH excluding ortho intramolecular Hbond substituents is 1. The molecule has 0 aliphatic carbocycles. The van der Waals surface area contributed by atoms with Gasteiger partial charge in [-0.1, -0.05) is 6.07 Å². The van der Waals surface area contributed by atoms with E-state index in [2.05, 4.69) is 5.32 Å². The first kappa shape index (κ1) is 12.5. The fraction of sp³-hybridized carbons (Fsp3) is 0.167. The Hall–Kier alpha value is -1.95. The molecule has 2 N–H and O–H groups in total. The highest BCUT2D eigenvalue weighted by Crippen LogP contribution is 2.30. The van der Waals surface area contributed by atoms with Gasteiger partial charge in [0.25, 0.3) is 11.1 Å². The van der Waals surface area contributed by atoms with Crippen LogP contribution >= 0.6 is 11.8 Å². The molecule has 2 rings (SSSR count). The van der Waals surface area contributed by atoms with Crippen LogP contribution in [0.1, 0.15) is 12.5 Å². The highest BCUT2D eigenvalue weighted by Gasteiger charge is 2.24. The van der Waals surface area contributed by atoms with Crippen LogP contribution in [0.2, 0.25) is 0 Å². The Morgan fingerprint density at radius 2 is 2.22 bits per heavy atom. The Morgan fingerprint density at radius 1 is 1.44 bits per heavy atom. The van der Waals surface area contributed by atoms with Gasteiger partial charge in [-0.3, -0.25) is 14.9 Å². The minimum absolute atomic E-state index is 0.0404. The summed E-state index contributed by atoms with van der Waals surface area (Å²) >= 11 is 0.850. The van der Waals surface area contributed by atoms with Gasteiger partial charge in [0.15, 0.2) is 11.5 Å². The number of benzene rings is 1. The lowest BCUT2D eigenvalue weighted by atomic mass is 10.2. The average molecular weight is 265 g/mol. The Morgan fingerprint density at radius 3 is 2.83 bits per heavy atom. The number of hydrogen-bond donors (Lipinski definition) is 2. The summed E-state index contributed by atoms with van der Waals surface area (Å²) in [7, 11) is 0. The van der Waals surface area contributed by atoms with Gasteiger partial charge >= 0.3 is 0 Å². The van der Waals surface area contributed by atoms with Crippen LogP contribution in [-0.2, 0) is 4.79 Å². The van der Waals surface area contributed by atoms with Gasteiger partial charge in [0.1, 0.15) is 0 Å². The molecular formula is C12H11NO4S. The number of hydrogen-bond acceptors (Lipinski definition) is 5. The van der Waals surface area contributed by atoms with E-state index in [0.29, 0.717) is 22.8 Å². The summed E-state index contributed by atoms with van der Waals surface area (Å²) in [6, 6.07) is 4.74. The smallest absolute Gasteiger partial charge is 0.290 e. The van der Waals surface area contributed by atoms with E-state index in [1.54, 1.807) is 18.2 Å². The van der Waals surface area contributed by atoms with E-state index in [1.807, 2.05) is 6.92 Å². The Labute approximate surface area is 108 Å². The molecule has 94 valence electrons. The Balaban J connectivity index is 2.29. The first-order valence-corrected chi connectivity index (χ1v) is 6.12. The van der Waals surface area contributed by atoms with E-state index < -0.39 is 5.91 Å². The molecule has 5 nitrogen and oxygen atoms in total. The molecule has 0 aromatic heterocycles. The largest absolute Gasteiger partial charge is 0.504 e. The first-order valence-electron chi connectivity index (χ1n) is 5.31. The lowest BCUT2D eigenvalue weighted by Gasteiger charge is -2.06. The molecule has 1 aliphatic heterocycles. The predicted molar refractivity (Wildman–Crippen MR) is 68.4 cm³/mol. The number of aromatic hydroxyl groups is 1. The van der Waals surface area contributed by atoms with Crippen molar-refractivity contribution in [2.45, 2.75) is 6.92 Å². The molecule has 0 saturated carbocycles. The Kier molecular flexibility index (Phi) is 3.57. The number of phenols is 1. The van der Waals surface area contributed by atoms with Crippen LogP contribution in [0.5, 0.6) is 11.5 Å². The fourth-order valence-corrected chi connectivity index (χ4v) is 2.15. The molecule has 1 saturated heterocycles. The van der Waals surface area contributed by atoms with Gasteiger partial charge in [-0.2, -0.15) is 0 Å². The number of nitrogens with one attached hydrogen (secondary N) is 1. The van der Waals surface area contributed by atoms with E-state index in [1.165, 1.54) is 6.07 Å². The summed E-state index contributed by atoms with van der Waals surface area (Å²) in [5.41, 5.74) is 0.684. The molecule has 0 unspecified atom stereocenters. The number of carbonyl (C=O) groups excluding carboxylic acids is 2. The normalized spacial score (nSPS) is 17.1. The van der Waals surface area contributed by atoms with E-state index in [0.717, 1.165) is 11.8 Å². The van der Waals surface area contributed by atoms with Gasteiger partial charge in [-0.15, -0.1) is 0 Å². The molecule has 0 atom stereocenters. The third kappa shape index (κ3) is 2.65. The molecule has 2 amide bonds. The van der Waals surface area contributed by atoms with Crippen molar-refractivity contribution in [3.8, 4) is 11.5 Å². The van der Waals surface area contributed by atoms with Gasteiger partial charge in [0.05, 0.1) is 11.5 Å². The van der Waals surface area contributed by atoms with E-state index >= 15 is 0 Å². The maximum absolute atomic E-state index is 11.4. The van der Waals surface area contributed by atoms with Crippen LogP contribution in [-0.4, -0.2) is 22.9 Å². The lowest BCUT2D eigenvalue weighted by molar-refractivity contribution is -0.115. The van der Waals surface area contributed by atoms with Gasteiger partial charge < -0.3 is 9.84 Å². The number of ether oxygens (including phenoxy) is 1. The van der Waals surface area contributed by atoms with Crippen LogP contribution in [0.25, 0.3) is 6.08 Å². The van der Waals surface area contributed by atoms with Gasteiger partial charge in [0.2, 0.25) is 0 Å². The fourth-order valence-electron chi connectivity index (χ4n) is 1.46. The molecule has 6 heteroatoms. The van der Waals surface area contributed by atoms with Crippen LogP contribution in [0.3, 0.4) is 0 Å². The lowest BCUT2D eigenvalue weighted by Crippen LogP contribution is -2.17. The highest BCUT2D eigenvalue weighted by atomic mass is 32.2. The zero-order valence-corrected chi connectivity index (χ0v) is 10.4. The molecule has 0 radical (unpaired) electrons. The van der Waals surface area contributed by atoms with E-state index in [4.69, 9.17) is 4.74 Å². The van der Waals surface area contributed by atoms with Crippen LogP contribution in [0.15, 0.2) is 23.1 Å². The van der Waals surface area contributed by atoms with E-state index in [-0.39, 0.29) is 11.0 Å². The third-order valence-corrected chi connectivity index (χ3v) is 3.03. The summed E-state index contributed by atoms with van der Waals surface area (Å²) in [4.78, 5) is 22.7. The summed E-state index contributed by atoms with van der Waals surface area (Å²) in [6.07, 6.45) is 1.58. The summed E-state index contributed by atoms with van der Waals surface area (Å²) in [5, 5.41) is 11.3. The molecule has 1 aromatic carbocycles. The topological polar surface area (TPSA) is 75.6 Å². The number of carbonyl (C=O) groups is 2. The SMILES string of the molecule is CCOc1cc(/C=C2\SC(=O)NC2=O)ccc1O. The van der Waals surface area contributed by atoms with E-state index in [9.17, 15) is 14.7 Å². The second-order valence-corrected chi connectivity index (χ2v) is 4.53. The zero-order chi connectivity index (χ0) is 13.1. The van der Waals surface area contributed by atoms with Crippen molar-refractivity contribution in [3.05, 3.63) is 28.7 Å². The van der Waals surface area contributed by atoms with Gasteiger partial charge in [-0.05, 0) is 42.5 Å². The molecule has 1 aromatic rings. The third-order valence-electron chi connectivity index (χ3n) is 2.22. The first-order chi connectivity index (χ1) is 8.60. The predicted octanol–water partition coefficient (Wildman–Crippen LogP) is 2.11. The van der Waals surface area contributed by atoms with Crippen molar-refractivity contribution in [3.63, 3.8) is 0 Å². The van der Waals surface area contributed by atoms with Crippen molar-refractivity contribution in [1.82, 2.24) is 5.32 Å². The molecule has 0 spiro atoms.